The highest BCUT2D eigenvalue weighted by molar-refractivity contribution is 5.92. The zero-order valence-corrected chi connectivity index (χ0v) is 12.4. The third-order valence-corrected chi connectivity index (χ3v) is 3.02. The van der Waals surface area contributed by atoms with Gasteiger partial charge in [0.2, 0.25) is 5.91 Å². The first-order chi connectivity index (χ1) is 8.47. The normalized spacial score (nSPS) is 18.8. The Morgan fingerprint density at radius 3 is 2.47 bits per heavy atom. The number of rotatable bonds is 2. The predicted molar refractivity (Wildman–Crippen MR) is 77.6 cm³/mol. The van der Waals surface area contributed by atoms with Gasteiger partial charge in [0.25, 0.3) is 0 Å². The van der Waals surface area contributed by atoms with Crippen LogP contribution in [0.2, 0.25) is 0 Å². The molecule has 5 nitrogen and oxygen atoms in total. The molecule has 2 heterocycles. The molecular weight excluding hydrogens is 264 g/mol. The predicted octanol–water partition coefficient (Wildman–Crippen LogP) is 1.74. The van der Waals surface area contributed by atoms with Gasteiger partial charge in [-0.05, 0) is 13.0 Å². The van der Waals surface area contributed by atoms with E-state index in [2.05, 4.69) is 41.4 Å². The molecule has 106 valence electrons. The van der Waals surface area contributed by atoms with Crippen LogP contribution in [0.3, 0.4) is 0 Å². The molecule has 1 aliphatic rings. The van der Waals surface area contributed by atoms with Gasteiger partial charge in [-0.1, -0.05) is 20.8 Å². The average molecular weight is 285 g/mol. The topological polar surface area (TPSA) is 66.9 Å². The van der Waals surface area contributed by atoms with E-state index in [-0.39, 0.29) is 29.6 Å². The van der Waals surface area contributed by atoms with Crippen LogP contribution in [-0.2, 0) is 10.2 Å². The Bertz CT molecular complexity index is 421. The molecule has 0 aliphatic carbocycles. The molecule has 1 saturated heterocycles. The van der Waals surface area contributed by atoms with Crippen molar-refractivity contribution in [2.24, 2.45) is 5.92 Å². The number of aromatic nitrogens is 2. The summed E-state index contributed by atoms with van der Waals surface area (Å²) in [7, 11) is 0. The molecular formula is C13H21ClN4O. The lowest BCUT2D eigenvalue weighted by molar-refractivity contribution is -0.119. The van der Waals surface area contributed by atoms with Crippen molar-refractivity contribution >= 4 is 24.0 Å². The van der Waals surface area contributed by atoms with Gasteiger partial charge in [-0.2, -0.15) is 0 Å². The smallest absolute Gasteiger partial charge is 0.228 e. The molecule has 0 radical (unpaired) electrons. The van der Waals surface area contributed by atoms with Crippen LogP contribution in [-0.4, -0.2) is 29.0 Å². The number of carbonyl (C=O) groups excluding carboxylic acids is 1. The van der Waals surface area contributed by atoms with Crippen molar-refractivity contribution < 1.29 is 4.79 Å². The maximum Gasteiger partial charge on any atom is 0.228 e. The lowest BCUT2D eigenvalue weighted by atomic mass is 9.96. The first kappa shape index (κ1) is 15.9. The highest BCUT2D eigenvalue weighted by Gasteiger charge is 2.23. The first-order valence-corrected chi connectivity index (χ1v) is 6.31. The molecule has 2 rings (SSSR count). The van der Waals surface area contributed by atoms with Crippen molar-refractivity contribution in [1.82, 2.24) is 15.3 Å². The SMILES string of the molecule is CC(C)(C)c1ncc(NC(=O)C2CCNC2)cn1.Cl. The summed E-state index contributed by atoms with van der Waals surface area (Å²) in [5.74, 6) is 0.891. The quantitative estimate of drug-likeness (QED) is 0.868. The van der Waals surface area contributed by atoms with Crippen molar-refractivity contribution in [2.75, 3.05) is 18.4 Å². The minimum absolute atomic E-state index is 0. The van der Waals surface area contributed by atoms with E-state index in [0.29, 0.717) is 5.69 Å². The highest BCUT2D eigenvalue weighted by atomic mass is 35.5. The van der Waals surface area contributed by atoms with Gasteiger partial charge < -0.3 is 10.6 Å². The largest absolute Gasteiger partial charge is 0.323 e. The van der Waals surface area contributed by atoms with Gasteiger partial charge >= 0.3 is 0 Å². The Labute approximate surface area is 120 Å². The second-order valence-corrected chi connectivity index (χ2v) is 5.72. The maximum atomic E-state index is 11.9. The van der Waals surface area contributed by atoms with E-state index in [1.807, 2.05) is 0 Å². The summed E-state index contributed by atoms with van der Waals surface area (Å²) in [6, 6.07) is 0. The van der Waals surface area contributed by atoms with E-state index in [4.69, 9.17) is 0 Å². The maximum absolute atomic E-state index is 11.9. The molecule has 0 bridgehead atoms. The molecule has 0 spiro atoms. The Morgan fingerprint density at radius 2 is 2.00 bits per heavy atom. The third kappa shape index (κ3) is 4.14. The Morgan fingerprint density at radius 1 is 1.37 bits per heavy atom. The standard InChI is InChI=1S/C13H20N4O.ClH/c1-13(2,3)12-15-7-10(8-16-12)17-11(18)9-4-5-14-6-9;/h7-9,14H,4-6H2,1-3H3,(H,17,18);1H. The van der Waals surface area contributed by atoms with Crippen LogP contribution in [0.4, 0.5) is 5.69 Å². The van der Waals surface area contributed by atoms with E-state index < -0.39 is 0 Å². The molecule has 1 aromatic rings. The van der Waals surface area contributed by atoms with Crippen molar-refractivity contribution in [3.8, 4) is 0 Å². The Balaban J connectivity index is 0.00000180. The van der Waals surface area contributed by atoms with Crippen molar-refractivity contribution in [1.29, 1.82) is 0 Å². The number of halogens is 1. The molecule has 1 fully saturated rings. The fourth-order valence-electron chi connectivity index (χ4n) is 1.90. The number of carbonyl (C=O) groups is 1. The van der Waals surface area contributed by atoms with E-state index in [1.54, 1.807) is 12.4 Å². The highest BCUT2D eigenvalue weighted by Crippen LogP contribution is 2.18. The van der Waals surface area contributed by atoms with Gasteiger partial charge in [0, 0.05) is 12.0 Å². The second kappa shape index (κ2) is 6.30. The van der Waals surface area contributed by atoms with Crippen molar-refractivity contribution in [3.05, 3.63) is 18.2 Å². The number of nitrogens with one attached hydrogen (secondary N) is 2. The molecule has 1 aromatic heterocycles. The number of amides is 1. The first-order valence-electron chi connectivity index (χ1n) is 6.31. The minimum atomic E-state index is -0.0715. The summed E-state index contributed by atoms with van der Waals surface area (Å²) in [5, 5.41) is 6.03. The van der Waals surface area contributed by atoms with Crippen LogP contribution in [0.5, 0.6) is 0 Å². The molecule has 1 atom stereocenters. The molecule has 1 aliphatic heterocycles. The van der Waals surface area contributed by atoms with Crippen molar-refractivity contribution in [2.45, 2.75) is 32.6 Å². The van der Waals surface area contributed by atoms with E-state index in [1.165, 1.54) is 0 Å². The summed E-state index contributed by atoms with van der Waals surface area (Å²) in [5.41, 5.74) is 0.595. The molecule has 0 saturated carbocycles. The number of anilines is 1. The van der Waals surface area contributed by atoms with Crippen LogP contribution in [0.1, 0.15) is 33.0 Å². The summed E-state index contributed by atoms with van der Waals surface area (Å²) >= 11 is 0. The summed E-state index contributed by atoms with van der Waals surface area (Å²) < 4.78 is 0. The summed E-state index contributed by atoms with van der Waals surface area (Å²) in [6.07, 6.45) is 4.24. The zero-order valence-electron chi connectivity index (χ0n) is 11.6. The lowest BCUT2D eigenvalue weighted by Gasteiger charge is -2.16. The lowest BCUT2D eigenvalue weighted by Crippen LogP contribution is -2.25. The average Bonchev–Trinajstić information content (AvgIpc) is 2.82. The van der Waals surface area contributed by atoms with Gasteiger partial charge in [-0.15, -0.1) is 12.4 Å². The fourth-order valence-corrected chi connectivity index (χ4v) is 1.90. The molecule has 6 heteroatoms. The van der Waals surface area contributed by atoms with Crippen LogP contribution < -0.4 is 10.6 Å². The number of hydrogen-bond donors (Lipinski definition) is 2. The van der Waals surface area contributed by atoms with E-state index in [0.717, 1.165) is 25.3 Å². The summed E-state index contributed by atoms with van der Waals surface area (Å²) in [6.45, 7) is 7.85. The zero-order chi connectivity index (χ0) is 13.2. The van der Waals surface area contributed by atoms with Gasteiger partial charge in [0.05, 0.1) is 24.0 Å². The van der Waals surface area contributed by atoms with Crippen LogP contribution in [0.25, 0.3) is 0 Å². The third-order valence-electron chi connectivity index (χ3n) is 3.02. The Kier molecular flexibility index (Phi) is 5.26. The molecule has 2 N–H and O–H groups in total. The molecule has 19 heavy (non-hydrogen) atoms. The summed E-state index contributed by atoms with van der Waals surface area (Å²) in [4.78, 5) is 20.5. The van der Waals surface area contributed by atoms with Crippen LogP contribution in [0, 0.1) is 5.92 Å². The van der Waals surface area contributed by atoms with Crippen molar-refractivity contribution in [3.63, 3.8) is 0 Å². The molecule has 1 unspecified atom stereocenters. The van der Waals surface area contributed by atoms with Gasteiger partial charge in [0.15, 0.2) is 0 Å². The Hall–Kier alpha value is -1.20. The van der Waals surface area contributed by atoms with E-state index >= 15 is 0 Å². The van der Waals surface area contributed by atoms with Crippen LogP contribution >= 0.6 is 12.4 Å². The second-order valence-electron chi connectivity index (χ2n) is 5.72. The monoisotopic (exact) mass is 284 g/mol. The molecule has 1 amide bonds. The fraction of sp³-hybridized carbons (Fsp3) is 0.615. The number of hydrogen-bond acceptors (Lipinski definition) is 4. The minimum Gasteiger partial charge on any atom is -0.323 e. The molecule has 0 aromatic carbocycles. The van der Waals surface area contributed by atoms with Gasteiger partial charge in [0.1, 0.15) is 5.82 Å². The van der Waals surface area contributed by atoms with Crippen LogP contribution in [0.15, 0.2) is 12.4 Å². The van der Waals surface area contributed by atoms with Gasteiger partial charge in [-0.3, -0.25) is 4.79 Å². The van der Waals surface area contributed by atoms with Gasteiger partial charge in [-0.25, -0.2) is 9.97 Å². The number of nitrogens with zero attached hydrogens (tertiary/aromatic N) is 2. The van der Waals surface area contributed by atoms with E-state index in [9.17, 15) is 4.79 Å².